The molecule has 12 heteroatoms. The average molecular weight is 815 g/mol. The minimum absolute atomic E-state index is 0.0166. The average Bonchev–Trinajstić information content (AvgIpc) is 3.93. The molecule has 0 amide bonds. The van der Waals surface area contributed by atoms with Gasteiger partial charge in [-0.25, -0.2) is 0 Å². The molecule has 2 atom stereocenters. The Morgan fingerprint density at radius 3 is 1.42 bits per heavy atom. The summed E-state index contributed by atoms with van der Waals surface area (Å²) in [5, 5.41) is 36.7. The Kier molecular flexibility index (Phi) is 12.6. The number of nitrogens with two attached hydrogens (primary N) is 1. The molecule has 4 aromatic carbocycles. The molecule has 60 heavy (non-hydrogen) atoms. The molecule has 8 rings (SSSR count). The van der Waals surface area contributed by atoms with Gasteiger partial charge in [0.05, 0.1) is 25.4 Å². The van der Waals surface area contributed by atoms with Gasteiger partial charge in [0, 0.05) is 33.3 Å². The van der Waals surface area contributed by atoms with Crippen LogP contribution >= 0.6 is 0 Å². The largest absolute Gasteiger partial charge is 0.491 e. The van der Waals surface area contributed by atoms with Gasteiger partial charge in [0.25, 0.3) is 0 Å². The van der Waals surface area contributed by atoms with Gasteiger partial charge in [0.15, 0.2) is 0 Å². The lowest BCUT2D eigenvalue weighted by Gasteiger charge is -2.42. The first kappa shape index (κ1) is 42.7. The predicted octanol–water partition coefficient (Wildman–Crippen LogP) is 7.96. The van der Waals surface area contributed by atoms with Crippen LogP contribution in [-0.4, -0.2) is 86.1 Å². The van der Waals surface area contributed by atoms with E-state index < -0.39 is 5.54 Å². The molecule has 4 N–H and O–H groups in total. The van der Waals surface area contributed by atoms with Crippen LogP contribution in [0.5, 0.6) is 11.5 Å². The minimum Gasteiger partial charge on any atom is -0.491 e. The topological polar surface area (TPSA) is 166 Å². The van der Waals surface area contributed by atoms with Gasteiger partial charge in [0.1, 0.15) is 11.5 Å². The van der Waals surface area contributed by atoms with E-state index in [1.807, 2.05) is 110 Å². The number of fused-ring (bicyclic) bond motifs is 2. The van der Waals surface area contributed by atoms with E-state index in [-0.39, 0.29) is 31.0 Å². The maximum Gasteiger partial charge on any atom is 0.248 e. The van der Waals surface area contributed by atoms with Gasteiger partial charge in [0.2, 0.25) is 23.6 Å². The Bertz CT molecular complexity index is 2440. The Morgan fingerprint density at radius 1 is 0.600 bits per heavy atom. The molecule has 2 unspecified atom stereocenters. The van der Waals surface area contributed by atoms with Crippen molar-refractivity contribution in [1.82, 2.24) is 25.3 Å². The maximum atomic E-state index is 10.1. The standard InChI is InChI=1S/C25H31N3O3.C23H27N3O3/c1-16(2)30-22-9-8-19(12-17(22)3)23-26-27-24(31-23)20-7-6-18-10-11-25(15-29,28(4)5)14-21(18)13-20;1-14(2)28-20-7-6-17(10-15(20)3)21-25-26-22(29-21)18-5-4-16-8-9-23(24,13-27)12-19(16)11-18/h6-9,12-13,16,29H,10-11,14-15H2,1-5H3;4-7,10-11,14,27H,8-9,12-13,24H2,1-3H3. The van der Waals surface area contributed by atoms with Gasteiger partial charge in [-0.05, 0) is 188 Å². The highest BCUT2D eigenvalue weighted by molar-refractivity contribution is 5.63. The molecule has 0 bridgehead atoms. The molecule has 2 heterocycles. The van der Waals surface area contributed by atoms with E-state index in [1.54, 1.807) is 0 Å². The van der Waals surface area contributed by atoms with Crippen molar-refractivity contribution in [3.8, 4) is 57.3 Å². The number of aromatic nitrogens is 4. The van der Waals surface area contributed by atoms with Crippen LogP contribution < -0.4 is 15.2 Å². The molecule has 2 aromatic heterocycles. The summed E-state index contributed by atoms with van der Waals surface area (Å²) < 4.78 is 23.6. The molecule has 12 nitrogen and oxygen atoms in total. The summed E-state index contributed by atoms with van der Waals surface area (Å²) in [5.41, 5.74) is 16.0. The number of rotatable bonds is 11. The van der Waals surface area contributed by atoms with Gasteiger partial charge in [-0.3, -0.25) is 0 Å². The van der Waals surface area contributed by atoms with Crippen LogP contribution in [0.2, 0.25) is 0 Å². The third-order valence-electron chi connectivity index (χ3n) is 11.7. The van der Waals surface area contributed by atoms with Gasteiger partial charge in [-0.2, -0.15) is 0 Å². The zero-order chi connectivity index (χ0) is 42.8. The van der Waals surface area contributed by atoms with E-state index in [0.717, 1.165) is 82.5 Å². The number of aliphatic hydroxyl groups excluding tert-OH is 2. The van der Waals surface area contributed by atoms with Crippen LogP contribution in [0.15, 0.2) is 81.6 Å². The van der Waals surface area contributed by atoms with Crippen molar-refractivity contribution in [2.45, 2.75) is 103 Å². The summed E-state index contributed by atoms with van der Waals surface area (Å²) in [6.07, 6.45) is 5.25. The van der Waals surface area contributed by atoms with Crippen LogP contribution in [0, 0.1) is 13.8 Å². The van der Waals surface area contributed by atoms with E-state index in [9.17, 15) is 10.2 Å². The smallest absolute Gasteiger partial charge is 0.248 e. The molecule has 0 aliphatic heterocycles. The number of nitrogens with zero attached hydrogens (tertiary/aromatic N) is 5. The molecular formula is C48H58N6O6. The van der Waals surface area contributed by atoms with Crippen LogP contribution in [0.25, 0.3) is 45.8 Å². The highest BCUT2D eigenvalue weighted by Gasteiger charge is 2.36. The third kappa shape index (κ3) is 9.32. The fourth-order valence-electron chi connectivity index (χ4n) is 8.04. The first-order valence-corrected chi connectivity index (χ1v) is 20.8. The second-order valence-corrected chi connectivity index (χ2v) is 17.2. The van der Waals surface area contributed by atoms with Gasteiger partial charge < -0.3 is 39.2 Å². The summed E-state index contributed by atoms with van der Waals surface area (Å²) in [6, 6.07) is 24.2. The normalized spacial score (nSPS) is 18.6. The number of aliphatic hydroxyl groups is 2. The molecule has 0 saturated carbocycles. The number of benzene rings is 4. The zero-order valence-corrected chi connectivity index (χ0v) is 36.1. The van der Waals surface area contributed by atoms with Gasteiger partial charge in [-0.15, -0.1) is 20.4 Å². The maximum absolute atomic E-state index is 10.1. The van der Waals surface area contributed by atoms with Crippen LogP contribution in [0.1, 0.15) is 73.9 Å². The summed E-state index contributed by atoms with van der Waals surface area (Å²) in [7, 11) is 4.07. The molecule has 0 fully saturated rings. The van der Waals surface area contributed by atoms with E-state index in [2.05, 4.69) is 43.5 Å². The highest BCUT2D eigenvalue weighted by atomic mass is 16.5. The number of hydrogen-bond donors (Lipinski definition) is 3. The minimum atomic E-state index is -0.553. The van der Waals surface area contributed by atoms with Crippen LogP contribution in [-0.2, 0) is 25.7 Å². The van der Waals surface area contributed by atoms with Crippen molar-refractivity contribution in [1.29, 1.82) is 0 Å². The monoisotopic (exact) mass is 814 g/mol. The molecule has 0 spiro atoms. The van der Waals surface area contributed by atoms with E-state index in [1.165, 1.54) is 16.7 Å². The Labute approximate surface area is 352 Å². The summed E-state index contributed by atoms with van der Waals surface area (Å²) >= 11 is 0. The number of hydrogen-bond acceptors (Lipinski definition) is 12. The summed E-state index contributed by atoms with van der Waals surface area (Å²) in [6.45, 7) is 12.2. The number of likely N-dealkylation sites (N-methyl/N-ethyl adjacent to an activating group) is 1. The predicted molar refractivity (Wildman–Crippen MR) is 233 cm³/mol. The van der Waals surface area contributed by atoms with E-state index in [0.29, 0.717) is 30.0 Å². The third-order valence-corrected chi connectivity index (χ3v) is 11.7. The Balaban J connectivity index is 0.000000182. The second-order valence-electron chi connectivity index (χ2n) is 17.2. The van der Waals surface area contributed by atoms with E-state index in [4.69, 9.17) is 24.0 Å². The number of ether oxygens (including phenoxy) is 2. The fourth-order valence-corrected chi connectivity index (χ4v) is 8.04. The van der Waals surface area contributed by atoms with Crippen molar-refractivity contribution in [2.24, 2.45) is 5.73 Å². The quantitative estimate of drug-likeness (QED) is 0.116. The molecule has 2 aliphatic carbocycles. The first-order valence-electron chi connectivity index (χ1n) is 20.8. The van der Waals surface area contributed by atoms with Gasteiger partial charge >= 0.3 is 0 Å². The van der Waals surface area contributed by atoms with Crippen molar-refractivity contribution in [3.63, 3.8) is 0 Å². The lowest BCUT2D eigenvalue weighted by molar-refractivity contribution is 0.0557. The van der Waals surface area contributed by atoms with Gasteiger partial charge in [-0.1, -0.05) is 12.1 Å². The lowest BCUT2D eigenvalue weighted by atomic mass is 9.77. The zero-order valence-electron chi connectivity index (χ0n) is 36.1. The molecule has 0 radical (unpaired) electrons. The summed E-state index contributed by atoms with van der Waals surface area (Å²) in [5.74, 6) is 3.65. The van der Waals surface area contributed by atoms with Crippen LogP contribution in [0.3, 0.4) is 0 Å². The Morgan fingerprint density at radius 2 is 1.02 bits per heavy atom. The molecule has 316 valence electrons. The van der Waals surface area contributed by atoms with Crippen molar-refractivity contribution >= 4 is 0 Å². The summed E-state index contributed by atoms with van der Waals surface area (Å²) in [4.78, 5) is 2.14. The Hall–Kier alpha value is -5.40. The molecule has 2 aliphatic rings. The van der Waals surface area contributed by atoms with Crippen molar-refractivity contribution in [3.05, 3.63) is 106 Å². The molecular weight excluding hydrogens is 757 g/mol. The van der Waals surface area contributed by atoms with Crippen molar-refractivity contribution in [2.75, 3.05) is 27.3 Å². The number of aryl methyl sites for hydroxylation is 4. The fraction of sp³-hybridized carbons (Fsp3) is 0.417. The molecule has 6 aromatic rings. The van der Waals surface area contributed by atoms with Crippen molar-refractivity contribution < 1.29 is 28.5 Å². The second kappa shape index (κ2) is 17.7. The van der Waals surface area contributed by atoms with E-state index >= 15 is 0 Å². The SMILES string of the molecule is Cc1cc(-c2nnc(-c3ccc4c(c3)CC(CO)(N(C)C)CC4)o2)ccc1OC(C)C.Cc1cc(-c2nnc(-c3ccc4c(c3)CC(N)(CO)CC4)o2)ccc1OC(C)C. The molecule has 0 saturated heterocycles. The lowest BCUT2D eigenvalue weighted by Crippen LogP contribution is -2.51. The first-order chi connectivity index (χ1) is 28.7. The van der Waals surface area contributed by atoms with Crippen LogP contribution in [0.4, 0.5) is 0 Å². The highest BCUT2D eigenvalue weighted by Crippen LogP contribution is 2.36.